The molecule has 1 saturated heterocycles. The molecule has 0 bridgehead atoms. The van der Waals surface area contributed by atoms with E-state index in [-0.39, 0.29) is 5.56 Å². The van der Waals surface area contributed by atoms with Crippen molar-refractivity contribution in [1.29, 1.82) is 0 Å². The summed E-state index contributed by atoms with van der Waals surface area (Å²) in [5, 5.41) is 9.19. The summed E-state index contributed by atoms with van der Waals surface area (Å²) >= 11 is 0. The third-order valence-corrected chi connectivity index (χ3v) is 6.97. The standard InChI is InChI=1S/C31H32F3N7O2/c1-21-6-8-25(38-29(42)22-4-2-5-24(18-22)31(32,33)34)19-27(21)40-30-36-12-10-26(39-30)23-7-9-28(37-20-23)35-11-3-13-41-14-16-43-17-15-41/h2,4-10,12,18-20H,3,11,13-17H2,1H3,(H,35,37)(H,38,42)(H,36,39,40). The Labute approximate surface area is 247 Å². The van der Waals surface area contributed by atoms with Crippen molar-refractivity contribution in [2.45, 2.75) is 19.5 Å². The van der Waals surface area contributed by atoms with Gasteiger partial charge in [-0.25, -0.2) is 15.0 Å². The Balaban J connectivity index is 1.20. The van der Waals surface area contributed by atoms with Gasteiger partial charge in [-0.1, -0.05) is 12.1 Å². The molecule has 12 heteroatoms. The minimum Gasteiger partial charge on any atom is -0.379 e. The Morgan fingerprint density at radius 2 is 1.86 bits per heavy atom. The van der Waals surface area contributed by atoms with E-state index < -0.39 is 17.6 Å². The number of halogens is 3. The fourth-order valence-corrected chi connectivity index (χ4v) is 4.57. The SMILES string of the molecule is Cc1ccc(NC(=O)c2cccc(C(F)(F)F)c2)cc1Nc1nccc(-c2ccc(NCCCN3CCOCC3)nc2)n1. The van der Waals surface area contributed by atoms with E-state index in [0.29, 0.717) is 23.0 Å². The molecule has 1 aliphatic rings. The van der Waals surface area contributed by atoms with Crippen molar-refractivity contribution < 1.29 is 22.7 Å². The molecule has 0 unspecified atom stereocenters. The number of carbonyl (C=O) groups excluding carboxylic acids is 1. The van der Waals surface area contributed by atoms with Crippen LogP contribution in [0.15, 0.2) is 73.1 Å². The van der Waals surface area contributed by atoms with Crippen LogP contribution in [0.4, 0.5) is 36.3 Å². The first kappa shape index (κ1) is 29.9. The highest BCUT2D eigenvalue weighted by molar-refractivity contribution is 6.04. The molecule has 0 aliphatic carbocycles. The lowest BCUT2D eigenvalue weighted by atomic mass is 10.1. The zero-order chi connectivity index (χ0) is 30.2. The number of nitrogens with one attached hydrogen (secondary N) is 3. The van der Waals surface area contributed by atoms with Crippen molar-refractivity contribution in [3.63, 3.8) is 0 Å². The van der Waals surface area contributed by atoms with Crippen LogP contribution in [0.25, 0.3) is 11.3 Å². The molecule has 0 radical (unpaired) electrons. The zero-order valence-corrected chi connectivity index (χ0v) is 23.6. The number of nitrogens with zero attached hydrogens (tertiary/aromatic N) is 4. The van der Waals surface area contributed by atoms with E-state index >= 15 is 0 Å². The van der Waals surface area contributed by atoms with Crippen LogP contribution >= 0.6 is 0 Å². The van der Waals surface area contributed by atoms with E-state index in [9.17, 15) is 18.0 Å². The van der Waals surface area contributed by atoms with Gasteiger partial charge in [0, 0.05) is 54.5 Å². The molecular formula is C31H32F3N7O2. The lowest BCUT2D eigenvalue weighted by Crippen LogP contribution is -2.37. The third-order valence-electron chi connectivity index (χ3n) is 6.97. The summed E-state index contributed by atoms with van der Waals surface area (Å²) < 4.78 is 44.6. The monoisotopic (exact) mass is 591 g/mol. The molecule has 2 aromatic carbocycles. The van der Waals surface area contributed by atoms with Gasteiger partial charge in [-0.3, -0.25) is 9.69 Å². The van der Waals surface area contributed by atoms with Gasteiger partial charge in [0.1, 0.15) is 5.82 Å². The van der Waals surface area contributed by atoms with Crippen LogP contribution in [0.5, 0.6) is 0 Å². The first-order valence-electron chi connectivity index (χ1n) is 13.9. The smallest absolute Gasteiger partial charge is 0.379 e. The molecule has 9 nitrogen and oxygen atoms in total. The summed E-state index contributed by atoms with van der Waals surface area (Å²) in [7, 11) is 0. The van der Waals surface area contributed by atoms with Gasteiger partial charge < -0.3 is 20.7 Å². The number of anilines is 4. The van der Waals surface area contributed by atoms with E-state index in [1.54, 1.807) is 36.7 Å². The van der Waals surface area contributed by atoms with Gasteiger partial charge in [0.15, 0.2) is 0 Å². The highest BCUT2D eigenvalue weighted by atomic mass is 19.4. The van der Waals surface area contributed by atoms with Crippen molar-refractivity contribution in [3.05, 3.63) is 89.7 Å². The van der Waals surface area contributed by atoms with Crippen molar-refractivity contribution in [2.24, 2.45) is 0 Å². The van der Waals surface area contributed by atoms with Crippen molar-refractivity contribution in [2.75, 3.05) is 55.3 Å². The van der Waals surface area contributed by atoms with Gasteiger partial charge in [0.2, 0.25) is 5.95 Å². The van der Waals surface area contributed by atoms with E-state index in [1.807, 2.05) is 19.1 Å². The van der Waals surface area contributed by atoms with Crippen molar-refractivity contribution in [1.82, 2.24) is 19.9 Å². The van der Waals surface area contributed by atoms with E-state index in [2.05, 4.69) is 35.8 Å². The second-order valence-electron chi connectivity index (χ2n) is 10.1. The summed E-state index contributed by atoms with van der Waals surface area (Å²) in [5.41, 5.74) is 2.42. The highest BCUT2D eigenvalue weighted by Crippen LogP contribution is 2.30. The molecule has 224 valence electrons. The number of aromatic nitrogens is 3. The van der Waals surface area contributed by atoms with Gasteiger partial charge in [-0.15, -0.1) is 0 Å². The Morgan fingerprint density at radius 1 is 1.02 bits per heavy atom. The van der Waals surface area contributed by atoms with Crippen LogP contribution < -0.4 is 16.0 Å². The number of morpholine rings is 1. The molecule has 0 spiro atoms. The minimum absolute atomic E-state index is 0.0937. The highest BCUT2D eigenvalue weighted by Gasteiger charge is 2.31. The van der Waals surface area contributed by atoms with E-state index in [4.69, 9.17) is 4.74 Å². The number of ether oxygens (including phenoxy) is 1. The molecule has 1 amide bonds. The quantitative estimate of drug-likeness (QED) is 0.193. The summed E-state index contributed by atoms with van der Waals surface area (Å²) in [6, 6.07) is 15.1. The number of benzene rings is 2. The number of pyridine rings is 1. The molecule has 43 heavy (non-hydrogen) atoms. The lowest BCUT2D eigenvalue weighted by Gasteiger charge is -2.26. The van der Waals surface area contributed by atoms with E-state index in [1.165, 1.54) is 12.1 Å². The first-order valence-corrected chi connectivity index (χ1v) is 13.9. The maximum absolute atomic E-state index is 13.1. The fourth-order valence-electron chi connectivity index (χ4n) is 4.57. The predicted molar refractivity (Wildman–Crippen MR) is 159 cm³/mol. The maximum atomic E-state index is 13.1. The van der Waals surface area contributed by atoms with Crippen LogP contribution in [0.1, 0.15) is 27.9 Å². The number of hydrogen-bond acceptors (Lipinski definition) is 8. The minimum atomic E-state index is -4.54. The average molecular weight is 592 g/mol. The summed E-state index contributed by atoms with van der Waals surface area (Å²) in [6.07, 6.45) is -0.132. The van der Waals surface area contributed by atoms with Crippen molar-refractivity contribution in [3.8, 4) is 11.3 Å². The number of aryl methyl sites for hydroxylation is 1. The van der Waals surface area contributed by atoms with Gasteiger partial charge in [-0.2, -0.15) is 13.2 Å². The molecule has 0 atom stereocenters. The number of amides is 1. The Bertz CT molecular complexity index is 1540. The molecule has 1 aliphatic heterocycles. The van der Waals surface area contributed by atoms with Gasteiger partial charge in [0.25, 0.3) is 5.91 Å². The summed E-state index contributed by atoms with van der Waals surface area (Å²) in [5.74, 6) is 0.478. The summed E-state index contributed by atoms with van der Waals surface area (Å²) in [6.45, 7) is 7.28. The zero-order valence-electron chi connectivity index (χ0n) is 23.6. The number of rotatable bonds is 10. The molecule has 5 rings (SSSR count). The third kappa shape index (κ3) is 8.27. The molecule has 2 aromatic heterocycles. The topological polar surface area (TPSA) is 104 Å². The maximum Gasteiger partial charge on any atom is 0.416 e. The second-order valence-corrected chi connectivity index (χ2v) is 10.1. The summed E-state index contributed by atoms with van der Waals surface area (Å²) in [4.78, 5) is 28.5. The Kier molecular flexibility index (Phi) is 9.48. The number of alkyl halides is 3. The molecule has 4 aromatic rings. The molecular weight excluding hydrogens is 559 g/mol. The fraction of sp³-hybridized carbons (Fsp3) is 0.290. The molecule has 3 heterocycles. The largest absolute Gasteiger partial charge is 0.416 e. The van der Waals surface area contributed by atoms with Gasteiger partial charge in [0.05, 0.1) is 24.5 Å². The normalized spacial score (nSPS) is 13.9. The molecule has 0 saturated carbocycles. The predicted octanol–water partition coefficient (Wildman–Crippen LogP) is 6.00. The van der Waals surface area contributed by atoms with E-state index in [0.717, 1.165) is 74.9 Å². The molecule has 3 N–H and O–H groups in total. The number of carbonyl (C=O) groups is 1. The van der Waals surface area contributed by atoms with Crippen LogP contribution in [-0.4, -0.2) is 65.2 Å². The lowest BCUT2D eigenvalue weighted by molar-refractivity contribution is -0.137. The van der Waals surface area contributed by atoms with Gasteiger partial charge in [-0.05, 0) is 74.0 Å². The van der Waals surface area contributed by atoms with Crippen LogP contribution in [0.2, 0.25) is 0 Å². The second kappa shape index (κ2) is 13.6. The average Bonchev–Trinajstić information content (AvgIpc) is 3.01. The van der Waals surface area contributed by atoms with Crippen molar-refractivity contribution >= 4 is 29.0 Å². The molecule has 1 fully saturated rings. The Morgan fingerprint density at radius 3 is 2.63 bits per heavy atom. The van der Waals surface area contributed by atoms with Crippen LogP contribution in [-0.2, 0) is 10.9 Å². The van der Waals surface area contributed by atoms with Crippen LogP contribution in [0.3, 0.4) is 0 Å². The first-order chi connectivity index (χ1) is 20.7. The van der Waals surface area contributed by atoms with Gasteiger partial charge >= 0.3 is 6.18 Å². The Hall–Kier alpha value is -4.55. The number of hydrogen-bond donors (Lipinski definition) is 3. The van der Waals surface area contributed by atoms with Crippen LogP contribution in [0, 0.1) is 6.92 Å².